The van der Waals surface area contributed by atoms with Crippen molar-refractivity contribution in [3.05, 3.63) is 59.1 Å². The fraction of sp³-hybridized carbons (Fsp3) is 0.300. The van der Waals surface area contributed by atoms with Gasteiger partial charge < -0.3 is 10.1 Å². The summed E-state index contributed by atoms with van der Waals surface area (Å²) >= 11 is 1.63. The summed E-state index contributed by atoms with van der Waals surface area (Å²) in [6.07, 6.45) is 0. The Bertz CT molecular complexity index is 1120. The van der Waals surface area contributed by atoms with Crippen molar-refractivity contribution in [2.75, 3.05) is 26.3 Å². The minimum absolute atomic E-state index is 0.172. The molecular weight excluding hydrogens is 424 g/mol. The van der Waals surface area contributed by atoms with Crippen LogP contribution in [0.4, 0.5) is 0 Å². The summed E-state index contributed by atoms with van der Waals surface area (Å²) in [5.74, 6) is -0.284. The zero-order valence-electron chi connectivity index (χ0n) is 16.4. The second-order valence-electron chi connectivity index (χ2n) is 6.85. The van der Waals surface area contributed by atoms with Gasteiger partial charge in [0.15, 0.2) is 0 Å². The number of carbonyl (C=O) groups is 1. The number of rotatable bonds is 6. The Hall–Kier alpha value is -2.53. The second kappa shape index (κ2) is 8.68. The van der Waals surface area contributed by atoms with Crippen LogP contribution in [0.15, 0.2) is 52.7 Å². The molecule has 0 radical (unpaired) electrons. The third kappa shape index (κ3) is 4.31. The maximum absolute atomic E-state index is 12.7. The van der Waals surface area contributed by atoms with Crippen LogP contribution < -0.4 is 5.32 Å². The van der Waals surface area contributed by atoms with E-state index in [9.17, 15) is 13.2 Å². The number of nitrogens with zero attached hydrogens (tertiary/aromatic N) is 3. The van der Waals surface area contributed by atoms with Crippen LogP contribution in [-0.2, 0) is 28.4 Å². The summed E-state index contributed by atoms with van der Waals surface area (Å²) in [6, 6.07) is 11.9. The second-order valence-corrected chi connectivity index (χ2v) is 9.73. The van der Waals surface area contributed by atoms with Crippen molar-refractivity contribution in [2.45, 2.75) is 11.4 Å². The first-order valence-electron chi connectivity index (χ1n) is 9.48. The lowest BCUT2D eigenvalue weighted by atomic mass is 10.2. The molecule has 1 aromatic carbocycles. The van der Waals surface area contributed by atoms with E-state index in [1.165, 1.54) is 28.6 Å². The molecule has 0 spiro atoms. The van der Waals surface area contributed by atoms with Crippen molar-refractivity contribution >= 4 is 27.3 Å². The number of hydrogen-bond donors (Lipinski definition) is 1. The van der Waals surface area contributed by atoms with Crippen molar-refractivity contribution in [3.8, 4) is 10.6 Å². The monoisotopic (exact) mass is 446 g/mol. The summed E-state index contributed by atoms with van der Waals surface area (Å²) in [5, 5.41) is 9.29. The number of carbonyl (C=O) groups excluding carboxylic acids is 1. The van der Waals surface area contributed by atoms with Gasteiger partial charge in [-0.2, -0.15) is 9.40 Å². The van der Waals surface area contributed by atoms with E-state index < -0.39 is 10.0 Å². The standard InChI is InChI=1S/C20H22N4O4S2/c1-23-18(19-3-2-12-29-19)13-16(22-23)14-21-20(25)15-4-6-17(7-5-15)30(26,27)24-8-10-28-11-9-24/h2-7,12-13H,8-11,14H2,1H3,(H,21,25). The van der Waals surface area contributed by atoms with Crippen LogP contribution in [0.25, 0.3) is 10.6 Å². The number of aryl methyl sites for hydroxylation is 1. The Kier molecular flexibility index (Phi) is 6.00. The van der Waals surface area contributed by atoms with Gasteiger partial charge in [0.2, 0.25) is 10.0 Å². The first-order chi connectivity index (χ1) is 14.4. The molecule has 2 aromatic heterocycles. The molecule has 0 unspecified atom stereocenters. The zero-order chi connectivity index (χ0) is 21.1. The summed E-state index contributed by atoms with van der Waals surface area (Å²) < 4.78 is 33.7. The average molecular weight is 447 g/mol. The molecule has 10 heteroatoms. The van der Waals surface area contributed by atoms with Crippen molar-refractivity contribution < 1.29 is 17.9 Å². The summed E-state index contributed by atoms with van der Waals surface area (Å²) in [7, 11) is -1.70. The topological polar surface area (TPSA) is 93.5 Å². The smallest absolute Gasteiger partial charge is 0.251 e. The van der Waals surface area contributed by atoms with Gasteiger partial charge in [-0.3, -0.25) is 9.48 Å². The fourth-order valence-corrected chi connectivity index (χ4v) is 5.44. The van der Waals surface area contributed by atoms with Gasteiger partial charge in [0.25, 0.3) is 5.91 Å². The highest BCUT2D eigenvalue weighted by Gasteiger charge is 2.26. The molecule has 0 saturated carbocycles. The molecule has 1 saturated heterocycles. The number of sulfonamides is 1. The minimum atomic E-state index is -3.57. The van der Waals surface area contributed by atoms with Crippen LogP contribution in [0.5, 0.6) is 0 Å². The van der Waals surface area contributed by atoms with Crippen LogP contribution in [0.3, 0.4) is 0 Å². The molecule has 1 amide bonds. The van der Waals surface area contributed by atoms with Crippen molar-refractivity contribution in [2.24, 2.45) is 7.05 Å². The molecule has 0 aliphatic carbocycles. The fourth-order valence-electron chi connectivity index (χ4n) is 3.26. The highest BCUT2D eigenvalue weighted by Crippen LogP contribution is 2.24. The number of nitrogens with one attached hydrogen (secondary N) is 1. The van der Waals surface area contributed by atoms with E-state index in [2.05, 4.69) is 10.4 Å². The quantitative estimate of drug-likeness (QED) is 0.626. The Labute approximate surface area is 179 Å². The third-order valence-corrected chi connectivity index (χ3v) is 7.66. The predicted octanol–water partition coefficient (Wildman–Crippen LogP) is 2.10. The SMILES string of the molecule is Cn1nc(CNC(=O)c2ccc(S(=O)(=O)N3CCOCC3)cc2)cc1-c1cccs1. The molecule has 30 heavy (non-hydrogen) atoms. The third-order valence-electron chi connectivity index (χ3n) is 4.86. The van der Waals surface area contributed by atoms with Crippen LogP contribution in [0.2, 0.25) is 0 Å². The lowest BCUT2D eigenvalue weighted by Crippen LogP contribution is -2.40. The molecule has 8 nitrogen and oxygen atoms in total. The zero-order valence-corrected chi connectivity index (χ0v) is 18.1. The van der Waals surface area contributed by atoms with Crippen LogP contribution >= 0.6 is 11.3 Å². The minimum Gasteiger partial charge on any atom is -0.379 e. The summed E-state index contributed by atoms with van der Waals surface area (Å²) in [6.45, 7) is 1.74. The van der Waals surface area contributed by atoms with Crippen LogP contribution in [0.1, 0.15) is 16.1 Å². The van der Waals surface area contributed by atoms with Crippen molar-refractivity contribution in [1.29, 1.82) is 0 Å². The average Bonchev–Trinajstić information content (AvgIpc) is 3.42. The molecule has 0 bridgehead atoms. The van der Waals surface area contributed by atoms with Crippen molar-refractivity contribution in [3.63, 3.8) is 0 Å². The number of ether oxygens (including phenoxy) is 1. The number of benzene rings is 1. The Balaban J connectivity index is 1.40. The number of thiophene rings is 1. The van der Waals surface area contributed by atoms with E-state index in [1.807, 2.05) is 30.6 Å². The molecule has 4 rings (SSSR count). The number of morpholine rings is 1. The van der Waals surface area contributed by atoms with Gasteiger partial charge in [-0.1, -0.05) is 6.07 Å². The van der Waals surface area contributed by atoms with Crippen molar-refractivity contribution in [1.82, 2.24) is 19.4 Å². The van der Waals surface area contributed by atoms with E-state index in [-0.39, 0.29) is 17.3 Å². The molecule has 1 aliphatic rings. The molecule has 0 atom stereocenters. The van der Waals surface area contributed by atoms with Gasteiger partial charge in [0.05, 0.1) is 40.9 Å². The largest absolute Gasteiger partial charge is 0.379 e. The maximum atomic E-state index is 12.7. The van der Waals surface area contributed by atoms with Gasteiger partial charge in [-0.15, -0.1) is 11.3 Å². The Morgan fingerprint density at radius 3 is 2.60 bits per heavy atom. The highest BCUT2D eigenvalue weighted by atomic mass is 32.2. The molecular formula is C20H22N4O4S2. The van der Waals surface area contributed by atoms with Gasteiger partial charge >= 0.3 is 0 Å². The van der Waals surface area contributed by atoms with Crippen LogP contribution in [-0.4, -0.2) is 54.7 Å². The number of aromatic nitrogens is 2. The molecule has 1 N–H and O–H groups in total. The van der Waals surface area contributed by atoms with Gasteiger partial charge in [-0.05, 0) is 41.8 Å². The molecule has 1 aliphatic heterocycles. The number of amides is 1. The van der Waals surface area contributed by atoms with E-state index in [1.54, 1.807) is 16.0 Å². The van der Waals surface area contributed by atoms with Crippen LogP contribution in [0, 0.1) is 0 Å². The molecule has 1 fully saturated rings. The lowest BCUT2D eigenvalue weighted by Gasteiger charge is -2.26. The van der Waals surface area contributed by atoms with E-state index in [4.69, 9.17) is 4.74 Å². The molecule has 3 aromatic rings. The Morgan fingerprint density at radius 1 is 1.20 bits per heavy atom. The molecule has 158 valence electrons. The first kappa shape index (κ1) is 20.7. The molecule has 3 heterocycles. The first-order valence-corrected chi connectivity index (χ1v) is 11.8. The van der Waals surface area contributed by atoms with Gasteiger partial charge in [0, 0.05) is 25.7 Å². The summed E-state index contributed by atoms with van der Waals surface area (Å²) in [4.78, 5) is 13.8. The van der Waals surface area contributed by atoms with E-state index in [0.29, 0.717) is 31.9 Å². The summed E-state index contributed by atoms with van der Waals surface area (Å²) in [5.41, 5.74) is 2.14. The van der Waals surface area contributed by atoms with Gasteiger partial charge in [0.1, 0.15) is 0 Å². The normalized spacial score (nSPS) is 15.2. The maximum Gasteiger partial charge on any atom is 0.251 e. The number of hydrogen-bond acceptors (Lipinski definition) is 6. The van der Waals surface area contributed by atoms with E-state index >= 15 is 0 Å². The van der Waals surface area contributed by atoms with E-state index in [0.717, 1.165) is 16.3 Å². The highest BCUT2D eigenvalue weighted by molar-refractivity contribution is 7.89. The lowest BCUT2D eigenvalue weighted by molar-refractivity contribution is 0.0730. The predicted molar refractivity (Wildman–Crippen MR) is 114 cm³/mol. The Morgan fingerprint density at radius 2 is 1.93 bits per heavy atom. The van der Waals surface area contributed by atoms with Gasteiger partial charge in [-0.25, -0.2) is 8.42 Å².